The second-order valence-electron chi connectivity index (χ2n) is 3.01. The minimum absolute atomic E-state index is 0.679. The van der Waals surface area contributed by atoms with E-state index in [9.17, 15) is 0 Å². The van der Waals surface area contributed by atoms with Crippen LogP contribution in [0, 0.1) is 6.92 Å². The Balaban J connectivity index is 3.01. The zero-order chi connectivity index (χ0) is 10.3. The lowest BCUT2D eigenvalue weighted by Crippen LogP contribution is -1.86. The second-order valence-corrected chi connectivity index (χ2v) is 5.06. The van der Waals surface area contributed by atoms with Crippen molar-refractivity contribution in [3.63, 3.8) is 0 Å². The van der Waals surface area contributed by atoms with Crippen molar-refractivity contribution in [1.82, 2.24) is 4.98 Å². The number of fused-ring (bicyclic) bond motifs is 1. The predicted octanol–water partition coefficient (Wildman–Crippen LogP) is 4.72. The van der Waals surface area contributed by atoms with Gasteiger partial charge in [-0.2, -0.15) is 0 Å². The van der Waals surface area contributed by atoms with Crippen molar-refractivity contribution in [2.75, 3.05) is 0 Å². The number of aromatic nitrogens is 1. The summed E-state index contributed by atoms with van der Waals surface area (Å²) in [5, 5.41) is 1.74. The van der Waals surface area contributed by atoms with E-state index in [1.54, 1.807) is 6.20 Å². The number of hydrogen-bond donors (Lipinski definition) is 0. The molecule has 14 heavy (non-hydrogen) atoms. The fourth-order valence-electron chi connectivity index (χ4n) is 1.37. The lowest BCUT2D eigenvalue weighted by Gasteiger charge is -2.06. The Morgan fingerprint density at radius 1 is 1.29 bits per heavy atom. The normalized spacial score (nSPS) is 10.9. The summed E-state index contributed by atoms with van der Waals surface area (Å²) in [6.07, 6.45) is 1.75. The molecule has 0 bridgehead atoms. The molecular weight excluding hydrogens is 329 g/mol. The number of nitrogens with zero attached hydrogens (tertiary/aromatic N) is 1. The third kappa shape index (κ3) is 1.58. The Labute approximate surface area is 104 Å². The minimum atomic E-state index is 0.679. The van der Waals surface area contributed by atoms with Crippen LogP contribution in [0.4, 0.5) is 0 Å². The Morgan fingerprint density at radius 3 is 2.71 bits per heavy atom. The van der Waals surface area contributed by atoms with Gasteiger partial charge in [0, 0.05) is 16.1 Å². The van der Waals surface area contributed by atoms with Gasteiger partial charge in [-0.1, -0.05) is 17.7 Å². The van der Waals surface area contributed by atoms with Crippen molar-refractivity contribution < 1.29 is 0 Å². The van der Waals surface area contributed by atoms with Gasteiger partial charge in [-0.15, -0.1) is 0 Å². The zero-order valence-electron chi connectivity index (χ0n) is 7.31. The van der Waals surface area contributed by atoms with Crippen LogP contribution in [-0.2, 0) is 0 Å². The lowest BCUT2D eigenvalue weighted by atomic mass is 10.1. The molecule has 72 valence electrons. The highest BCUT2D eigenvalue weighted by Gasteiger charge is 2.09. The molecule has 0 aliphatic carbocycles. The van der Waals surface area contributed by atoms with Gasteiger partial charge in [0.05, 0.1) is 15.0 Å². The van der Waals surface area contributed by atoms with Crippen LogP contribution in [0.1, 0.15) is 5.56 Å². The molecule has 0 aliphatic rings. The standard InChI is InChI=1S/C10H6Br2ClN/c1-5-2-3-7(13)10-8(5)9(12)6(11)4-14-10/h2-4H,1H3. The van der Waals surface area contributed by atoms with E-state index in [1.807, 2.05) is 19.1 Å². The van der Waals surface area contributed by atoms with Gasteiger partial charge in [0.1, 0.15) is 0 Å². The number of benzene rings is 1. The quantitative estimate of drug-likeness (QED) is 0.679. The van der Waals surface area contributed by atoms with Crippen LogP contribution < -0.4 is 0 Å². The molecule has 2 rings (SSSR count). The van der Waals surface area contributed by atoms with Crippen molar-refractivity contribution >= 4 is 54.4 Å². The third-order valence-corrected chi connectivity index (χ3v) is 4.34. The van der Waals surface area contributed by atoms with Gasteiger partial charge in [-0.05, 0) is 50.4 Å². The summed E-state index contributed by atoms with van der Waals surface area (Å²) in [7, 11) is 0. The summed E-state index contributed by atoms with van der Waals surface area (Å²) in [4.78, 5) is 4.29. The first-order chi connectivity index (χ1) is 6.61. The smallest absolute Gasteiger partial charge is 0.0902 e. The molecule has 1 nitrogen and oxygen atoms in total. The Kier molecular flexibility index (Phi) is 2.82. The number of aryl methyl sites for hydroxylation is 1. The zero-order valence-corrected chi connectivity index (χ0v) is 11.2. The molecule has 0 unspecified atom stereocenters. The molecule has 0 atom stereocenters. The van der Waals surface area contributed by atoms with E-state index >= 15 is 0 Å². The third-order valence-electron chi connectivity index (χ3n) is 2.07. The maximum atomic E-state index is 6.05. The monoisotopic (exact) mass is 333 g/mol. The summed E-state index contributed by atoms with van der Waals surface area (Å²) in [6, 6.07) is 3.86. The molecule has 0 saturated heterocycles. The summed E-state index contributed by atoms with van der Waals surface area (Å²) in [5.74, 6) is 0. The molecule has 0 amide bonds. The Morgan fingerprint density at radius 2 is 2.00 bits per heavy atom. The van der Waals surface area contributed by atoms with Crippen molar-refractivity contribution in [2.24, 2.45) is 0 Å². The van der Waals surface area contributed by atoms with Gasteiger partial charge < -0.3 is 0 Å². The molecule has 1 aromatic carbocycles. The molecule has 4 heteroatoms. The van der Waals surface area contributed by atoms with Crippen LogP contribution in [0.15, 0.2) is 27.3 Å². The van der Waals surface area contributed by atoms with E-state index in [0.29, 0.717) is 5.02 Å². The first-order valence-electron chi connectivity index (χ1n) is 4.00. The van der Waals surface area contributed by atoms with Gasteiger partial charge >= 0.3 is 0 Å². The molecule has 0 radical (unpaired) electrons. The summed E-state index contributed by atoms with van der Waals surface area (Å²) in [6.45, 7) is 2.04. The van der Waals surface area contributed by atoms with E-state index in [2.05, 4.69) is 36.8 Å². The van der Waals surface area contributed by atoms with Crippen LogP contribution in [0.5, 0.6) is 0 Å². The average Bonchev–Trinajstić information content (AvgIpc) is 2.16. The van der Waals surface area contributed by atoms with Crippen molar-refractivity contribution in [2.45, 2.75) is 6.92 Å². The summed E-state index contributed by atoms with van der Waals surface area (Å²) >= 11 is 13.0. The summed E-state index contributed by atoms with van der Waals surface area (Å²) < 4.78 is 1.94. The molecule has 0 spiro atoms. The maximum absolute atomic E-state index is 6.05. The molecule has 2 aromatic rings. The fraction of sp³-hybridized carbons (Fsp3) is 0.100. The number of pyridine rings is 1. The van der Waals surface area contributed by atoms with E-state index in [1.165, 1.54) is 0 Å². The highest BCUT2D eigenvalue weighted by molar-refractivity contribution is 9.13. The molecule has 0 aliphatic heterocycles. The number of halogens is 3. The molecule has 0 saturated carbocycles. The van der Waals surface area contributed by atoms with Crippen LogP contribution in [-0.4, -0.2) is 4.98 Å². The van der Waals surface area contributed by atoms with E-state index in [-0.39, 0.29) is 0 Å². The van der Waals surface area contributed by atoms with E-state index in [4.69, 9.17) is 11.6 Å². The van der Waals surface area contributed by atoms with Gasteiger partial charge in [0.25, 0.3) is 0 Å². The van der Waals surface area contributed by atoms with Gasteiger partial charge in [0.15, 0.2) is 0 Å². The van der Waals surface area contributed by atoms with Gasteiger partial charge in [-0.3, -0.25) is 4.98 Å². The average molecular weight is 335 g/mol. The molecule has 0 fully saturated rings. The Hall–Kier alpha value is -0.120. The Bertz CT molecular complexity index is 511. The number of hydrogen-bond acceptors (Lipinski definition) is 1. The van der Waals surface area contributed by atoms with Crippen molar-refractivity contribution in [3.8, 4) is 0 Å². The predicted molar refractivity (Wildman–Crippen MR) is 66.9 cm³/mol. The minimum Gasteiger partial charge on any atom is -0.253 e. The van der Waals surface area contributed by atoms with Crippen LogP contribution in [0.3, 0.4) is 0 Å². The van der Waals surface area contributed by atoms with Crippen LogP contribution >= 0.6 is 43.5 Å². The summed E-state index contributed by atoms with van der Waals surface area (Å²) in [5.41, 5.74) is 1.99. The lowest BCUT2D eigenvalue weighted by molar-refractivity contribution is 1.36. The molecule has 1 heterocycles. The second kappa shape index (κ2) is 3.80. The van der Waals surface area contributed by atoms with Crippen molar-refractivity contribution in [3.05, 3.63) is 37.9 Å². The van der Waals surface area contributed by atoms with E-state index < -0.39 is 0 Å². The molecular formula is C10H6Br2ClN. The topological polar surface area (TPSA) is 12.9 Å². The van der Waals surface area contributed by atoms with Crippen LogP contribution in [0.2, 0.25) is 5.02 Å². The highest BCUT2D eigenvalue weighted by atomic mass is 79.9. The molecule has 0 N–H and O–H groups in total. The fourth-order valence-corrected chi connectivity index (χ4v) is 2.48. The SMILES string of the molecule is Cc1ccc(Cl)c2ncc(Br)c(Br)c12. The first-order valence-corrected chi connectivity index (χ1v) is 5.96. The van der Waals surface area contributed by atoms with Crippen LogP contribution in [0.25, 0.3) is 10.9 Å². The largest absolute Gasteiger partial charge is 0.253 e. The first kappa shape index (κ1) is 10.4. The maximum Gasteiger partial charge on any atom is 0.0902 e. The van der Waals surface area contributed by atoms with Gasteiger partial charge in [0.2, 0.25) is 0 Å². The highest BCUT2D eigenvalue weighted by Crippen LogP contribution is 2.34. The van der Waals surface area contributed by atoms with Crippen molar-refractivity contribution in [1.29, 1.82) is 0 Å². The molecule has 1 aromatic heterocycles. The van der Waals surface area contributed by atoms with E-state index in [0.717, 1.165) is 25.4 Å². The number of rotatable bonds is 0. The van der Waals surface area contributed by atoms with Gasteiger partial charge in [-0.25, -0.2) is 0 Å².